The molecule has 0 bridgehead atoms. The van der Waals surface area contributed by atoms with Crippen LogP contribution in [0.3, 0.4) is 0 Å². The van der Waals surface area contributed by atoms with E-state index in [4.69, 9.17) is 22.7 Å². The standard InChI is InChI=1S/C10H10N4OS/c1-14-6-8(5-13-14)15-9-3-2-7(4-12-9)10(11)16/h2-6H,1H3,(H2,11,16). The van der Waals surface area contributed by atoms with Gasteiger partial charge in [-0.3, -0.25) is 4.68 Å². The van der Waals surface area contributed by atoms with E-state index in [1.807, 2.05) is 7.05 Å². The van der Waals surface area contributed by atoms with E-state index >= 15 is 0 Å². The van der Waals surface area contributed by atoms with Crippen molar-refractivity contribution in [3.63, 3.8) is 0 Å². The zero-order valence-corrected chi connectivity index (χ0v) is 9.44. The Kier molecular flexibility index (Phi) is 2.82. The molecule has 0 aliphatic rings. The van der Waals surface area contributed by atoms with Gasteiger partial charge in [0.2, 0.25) is 5.88 Å². The molecule has 2 aromatic heterocycles. The van der Waals surface area contributed by atoms with Crippen LogP contribution in [0.5, 0.6) is 11.6 Å². The summed E-state index contributed by atoms with van der Waals surface area (Å²) in [6.07, 6.45) is 4.94. The molecule has 0 saturated carbocycles. The Labute approximate surface area is 97.9 Å². The van der Waals surface area contributed by atoms with Gasteiger partial charge in [0.25, 0.3) is 0 Å². The van der Waals surface area contributed by atoms with Gasteiger partial charge >= 0.3 is 0 Å². The molecule has 2 heterocycles. The fourth-order valence-electron chi connectivity index (χ4n) is 1.16. The monoisotopic (exact) mass is 234 g/mol. The number of aromatic nitrogens is 3. The van der Waals surface area contributed by atoms with E-state index in [1.165, 1.54) is 0 Å². The van der Waals surface area contributed by atoms with Crippen LogP contribution in [-0.4, -0.2) is 19.8 Å². The lowest BCUT2D eigenvalue weighted by molar-refractivity contribution is 0.462. The minimum Gasteiger partial charge on any atom is -0.436 e. The predicted octanol–water partition coefficient (Wildman–Crippen LogP) is 1.24. The lowest BCUT2D eigenvalue weighted by Gasteiger charge is -2.02. The Bertz CT molecular complexity index is 506. The summed E-state index contributed by atoms with van der Waals surface area (Å²) in [5.74, 6) is 1.12. The number of thiocarbonyl (C=S) groups is 1. The van der Waals surface area contributed by atoms with Crippen LogP contribution in [0.15, 0.2) is 30.7 Å². The van der Waals surface area contributed by atoms with Gasteiger partial charge in [-0.25, -0.2) is 4.98 Å². The van der Waals surface area contributed by atoms with E-state index in [9.17, 15) is 0 Å². The molecule has 6 heteroatoms. The van der Waals surface area contributed by atoms with Crippen LogP contribution in [0.1, 0.15) is 5.56 Å². The maximum Gasteiger partial charge on any atom is 0.219 e. The molecule has 0 aliphatic heterocycles. The Balaban J connectivity index is 2.14. The highest BCUT2D eigenvalue weighted by atomic mass is 32.1. The highest BCUT2D eigenvalue weighted by Crippen LogP contribution is 2.17. The highest BCUT2D eigenvalue weighted by molar-refractivity contribution is 7.80. The fourth-order valence-corrected chi connectivity index (χ4v) is 1.28. The largest absolute Gasteiger partial charge is 0.436 e. The van der Waals surface area contributed by atoms with E-state index < -0.39 is 0 Å². The SMILES string of the molecule is Cn1cc(Oc2ccc(C(N)=S)cn2)cn1. The smallest absolute Gasteiger partial charge is 0.219 e. The van der Waals surface area contributed by atoms with Gasteiger partial charge in [0.15, 0.2) is 5.75 Å². The first-order valence-electron chi connectivity index (χ1n) is 4.57. The summed E-state index contributed by atoms with van der Waals surface area (Å²) in [7, 11) is 1.82. The molecule has 0 radical (unpaired) electrons. The Morgan fingerprint density at radius 2 is 2.25 bits per heavy atom. The molecule has 5 nitrogen and oxygen atoms in total. The van der Waals surface area contributed by atoms with E-state index in [0.29, 0.717) is 22.2 Å². The van der Waals surface area contributed by atoms with Gasteiger partial charge < -0.3 is 10.5 Å². The van der Waals surface area contributed by atoms with Gasteiger partial charge in [0, 0.05) is 24.9 Å². The molecule has 0 amide bonds. The topological polar surface area (TPSA) is 66.0 Å². The third-order valence-corrected chi connectivity index (χ3v) is 2.16. The number of hydrogen-bond donors (Lipinski definition) is 1. The van der Waals surface area contributed by atoms with Crippen LogP contribution in [-0.2, 0) is 7.05 Å². The lowest BCUT2D eigenvalue weighted by Crippen LogP contribution is -2.09. The molecule has 2 rings (SSSR count). The average molecular weight is 234 g/mol. The predicted molar refractivity (Wildman–Crippen MR) is 63.4 cm³/mol. The van der Waals surface area contributed by atoms with Crippen LogP contribution in [0.2, 0.25) is 0 Å². The number of nitrogens with zero attached hydrogens (tertiary/aromatic N) is 3. The first kappa shape index (κ1) is 10.6. The van der Waals surface area contributed by atoms with Crippen LogP contribution >= 0.6 is 12.2 Å². The number of nitrogens with two attached hydrogens (primary N) is 1. The zero-order valence-electron chi connectivity index (χ0n) is 8.62. The van der Waals surface area contributed by atoms with Crippen LogP contribution in [0.4, 0.5) is 0 Å². The molecule has 16 heavy (non-hydrogen) atoms. The molecule has 2 N–H and O–H groups in total. The van der Waals surface area contributed by atoms with Crippen molar-refractivity contribution in [2.75, 3.05) is 0 Å². The van der Waals surface area contributed by atoms with Crippen molar-refractivity contribution in [1.29, 1.82) is 0 Å². The molecule has 0 aliphatic carbocycles. The fraction of sp³-hybridized carbons (Fsp3) is 0.100. The number of rotatable bonds is 3. The molecular formula is C10H10N4OS. The number of ether oxygens (including phenoxy) is 1. The molecule has 0 spiro atoms. The summed E-state index contributed by atoms with van der Waals surface area (Å²) in [6.45, 7) is 0. The Hall–Kier alpha value is -1.95. The molecule has 0 aromatic carbocycles. The van der Waals surface area contributed by atoms with Crippen molar-refractivity contribution in [3.05, 3.63) is 36.3 Å². The second-order valence-electron chi connectivity index (χ2n) is 3.20. The van der Waals surface area contributed by atoms with Crippen molar-refractivity contribution in [1.82, 2.24) is 14.8 Å². The first-order valence-corrected chi connectivity index (χ1v) is 4.98. The molecule has 2 aromatic rings. The van der Waals surface area contributed by atoms with Crippen molar-refractivity contribution in [2.24, 2.45) is 12.8 Å². The number of aryl methyl sites for hydroxylation is 1. The summed E-state index contributed by atoms with van der Waals surface area (Å²) < 4.78 is 7.11. The van der Waals surface area contributed by atoms with Crippen LogP contribution in [0.25, 0.3) is 0 Å². The third kappa shape index (κ3) is 2.34. The van der Waals surface area contributed by atoms with Crippen molar-refractivity contribution >= 4 is 17.2 Å². The molecule has 82 valence electrons. The summed E-state index contributed by atoms with van der Waals surface area (Å²) in [5.41, 5.74) is 6.17. The molecule has 0 unspecified atom stereocenters. The third-order valence-electron chi connectivity index (χ3n) is 1.92. The summed E-state index contributed by atoms with van der Waals surface area (Å²) in [4.78, 5) is 4.40. The summed E-state index contributed by atoms with van der Waals surface area (Å²) in [5, 5.41) is 3.98. The van der Waals surface area contributed by atoms with E-state index in [2.05, 4.69) is 10.1 Å². The van der Waals surface area contributed by atoms with Gasteiger partial charge in [0.1, 0.15) is 4.99 Å². The summed E-state index contributed by atoms with van der Waals surface area (Å²) >= 11 is 4.82. The Morgan fingerprint density at radius 3 is 2.75 bits per heavy atom. The quantitative estimate of drug-likeness (QED) is 0.809. The average Bonchev–Trinajstić information content (AvgIpc) is 2.65. The molecule has 0 saturated heterocycles. The van der Waals surface area contributed by atoms with E-state index in [0.717, 1.165) is 0 Å². The molecule has 0 atom stereocenters. The number of pyridine rings is 1. The highest BCUT2D eigenvalue weighted by Gasteiger charge is 2.02. The van der Waals surface area contributed by atoms with Gasteiger partial charge in [-0.2, -0.15) is 5.10 Å². The maximum atomic E-state index is 5.46. The van der Waals surface area contributed by atoms with Crippen LogP contribution < -0.4 is 10.5 Å². The second-order valence-corrected chi connectivity index (χ2v) is 3.64. The van der Waals surface area contributed by atoms with E-state index in [-0.39, 0.29) is 0 Å². The van der Waals surface area contributed by atoms with Gasteiger partial charge in [-0.1, -0.05) is 12.2 Å². The van der Waals surface area contributed by atoms with Crippen molar-refractivity contribution < 1.29 is 4.74 Å². The minimum atomic E-state index is 0.320. The van der Waals surface area contributed by atoms with Gasteiger partial charge in [0.05, 0.1) is 12.4 Å². The second kappa shape index (κ2) is 4.28. The van der Waals surface area contributed by atoms with Crippen molar-refractivity contribution in [2.45, 2.75) is 0 Å². The zero-order chi connectivity index (χ0) is 11.5. The maximum absolute atomic E-state index is 5.46. The first-order chi connectivity index (χ1) is 7.65. The van der Waals surface area contributed by atoms with Crippen molar-refractivity contribution in [3.8, 4) is 11.6 Å². The van der Waals surface area contributed by atoms with Crippen LogP contribution in [0, 0.1) is 0 Å². The van der Waals surface area contributed by atoms with Gasteiger partial charge in [-0.15, -0.1) is 0 Å². The van der Waals surface area contributed by atoms with E-state index in [1.54, 1.807) is 35.4 Å². The lowest BCUT2D eigenvalue weighted by atomic mass is 10.3. The molecular weight excluding hydrogens is 224 g/mol. The number of hydrogen-bond acceptors (Lipinski definition) is 4. The minimum absolute atomic E-state index is 0.320. The normalized spacial score (nSPS) is 10.1. The molecule has 0 fully saturated rings. The summed E-state index contributed by atoms with van der Waals surface area (Å²) in [6, 6.07) is 3.47. The van der Waals surface area contributed by atoms with Gasteiger partial charge in [-0.05, 0) is 6.07 Å². The Morgan fingerprint density at radius 1 is 1.44 bits per heavy atom.